The summed E-state index contributed by atoms with van der Waals surface area (Å²) >= 11 is 0. The summed E-state index contributed by atoms with van der Waals surface area (Å²) in [5.74, 6) is 1.38. The normalized spacial score (nSPS) is 20.8. The van der Waals surface area contributed by atoms with Crippen molar-refractivity contribution >= 4 is 16.9 Å². The number of carbonyl (C=O) groups is 1. The highest BCUT2D eigenvalue weighted by atomic mass is 16.5. The van der Waals surface area contributed by atoms with E-state index in [1.165, 1.54) is 6.33 Å². The van der Waals surface area contributed by atoms with Gasteiger partial charge < -0.3 is 14.6 Å². The standard InChI is InChI=1S/C16H18N6O2/c1-9-19-12-5-3-4-11(14(12)20-9)16(23)22-7-10(24-2)6-13(22)15-17-8-18-21-15/h3-5,8,10,13H,6-7H2,1-2H3,(H,19,20)(H,17,18,21)/t10-,13+/m1/s1. The van der Waals surface area contributed by atoms with Gasteiger partial charge in [-0.15, -0.1) is 0 Å². The number of hydrogen-bond acceptors (Lipinski definition) is 5. The Bertz CT molecular complexity index is 872. The molecular weight excluding hydrogens is 308 g/mol. The molecule has 3 aromatic rings. The molecule has 3 heterocycles. The van der Waals surface area contributed by atoms with Gasteiger partial charge in [0.05, 0.1) is 23.2 Å². The van der Waals surface area contributed by atoms with E-state index >= 15 is 0 Å². The van der Waals surface area contributed by atoms with Gasteiger partial charge in [-0.1, -0.05) is 6.07 Å². The molecule has 0 spiro atoms. The van der Waals surface area contributed by atoms with E-state index in [0.29, 0.717) is 29.9 Å². The fourth-order valence-corrected chi connectivity index (χ4v) is 3.31. The van der Waals surface area contributed by atoms with Gasteiger partial charge in [-0.25, -0.2) is 9.97 Å². The first-order chi connectivity index (χ1) is 11.7. The first-order valence-corrected chi connectivity index (χ1v) is 7.81. The van der Waals surface area contributed by atoms with Crippen molar-refractivity contribution < 1.29 is 9.53 Å². The van der Waals surface area contributed by atoms with Gasteiger partial charge in [0.15, 0.2) is 0 Å². The highest BCUT2D eigenvalue weighted by molar-refractivity contribution is 6.05. The number of carbonyl (C=O) groups excluding carboxylic acids is 1. The van der Waals surface area contributed by atoms with Crippen molar-refractivity contribution in [3.63, 3.8) is 0 Å². The fourth-order valence-electron chi connectivity index (χ4n) is 3.31. The number of amides is 1. The summed E-state index contributed by atoms with van der Waals surface area (Å²) in [6.45, 7) is 2.39. The molecule has 1 aliphatic heterocycles. The number of likely N-dealkylation sites (tertiary alicyclic amines) is 1. The van der Waals surface area contributed by atoms with Crippen LogP contribution in [0.3, 0.4) is 0 Å². The van der Waals surface area contributed by atoms with Crippen molar-refractivity contribution in [1.29, 1.82) is 0 Å². The van der Waals surface area contributed by atoms with E-state index in [1.807, 2.05) is 25.1 Å². The topological polar surface area (TPSA) is 99.8 Å². The van der Waals surface area contributed by atoms with E-state index < -0.39 is 0 Å². The summed E-state index contributed by atoms with van der Waals surface area (Å²) in [4.78, 5) is 26.8. The van der Waals surface area contributed by atoms with Crippen LogP contribution in [0.5, 0.6) is 0 Å². The number of methoxy groups -OCH3 is 1. The lowest BCUT2D eigenvalue weighted by atomic mass is 10.1. The molecule has 1 amide bonds. The molecule has 8 nitrogen and oxygen atoms in total. The van der Waals surface area contributed by atoms with E-state index in [0.717, 1.165) is 11.3 Å². The number of nitrogens with zero attached hydrogens (tertiary/aromatic N) is 4. The lowest BCUT2D eigenvalue weighted by Crippen LogP contribution is -2.32. The van der Waals surface area contributed by atoms with Crippen molar-refractivity contribution in [2.75, 3.05) is 13.7 Å². The Balaban J connectivity index is 1.73. The van der Waals surface area contributed by atoms with Crippen LogP contribution < -0.4 is 0 Å². The molecule has 1 fully saturated rings. The quantitative estimate of drug-likeness (QED) is 0.761. The average Bonchev–Trinajstić information content (AvgIpc) is 3.30. The number of fused-ring (bicyclic) bond motifs is 1. The van der Waals surface area contributed by atoms with Crippen LogP contribution in [0.25, 0.3) is 11.0 Å². The number of rotatable bonds is 3. The number of benzene rings is 1. The molecule has 24 heavy (non-hydrogen) atoms. The van der Waals surface area contributed by atoms with E-state index in [2.05, 4.69) is 25.1 Å². The molecular formula is C16H18N6O2. The van der Waals surface area contributed by atoms with Gasteiger partial charge in [0.1, 0.15) is 23.5 Å². The van der Waals surface area contributed by atoms with E-state index in [9.17, 15) is 4.79 Å². The highest BCUT2D eigenvalue weighted by Crippen LogP contribution is 2.33. The third-order valence-electron chi connectivity index (χ3n) is 4.47. The largest absolute Gasteiger partial charge is 0.380 e. The van der Waals surface area contributed by atoms with Crippen LogP contribution in [-0.4, -0.2) is 55.7 Å². The predicted octanol–water partition coefficient (Wildman–Crippen LogP) is 1.59. The molecule has 2 aromatic heterocycles. The Morgan fingerprint density at radius 1 is 1.42 bits per heavy atom. The lowest BCUT2D eigenvalue weighted by Gasteiger charge is -2.22. The molecule has 1 aromatic carbocycles. The summed E-state index contributed by atoms with van der Waals surface area (Å²) in [5, 5.41) is 6.77. The molecule has 2 atom stereocenters. The molecule has 1 saturated heterocycles. The van der Waals surface area contributed by atoms with Crippen molar-refractivity contribution in [1.82, 2.24) is 30.0 Å². The highest BCUT2D eigenvalue weighted by Gasteiger charge is 2.38. The van der Waals surface area contributed by atoms with Crippen LogP contribution in [0.4, 0.5) is 0 Å². The molecule has 8 heteroatoms. The van der Waals surface area contributed by atoms with Crippen molar-refractivity contribution in [3.8, 4) is 0 Å². The zero-order chi connectivity index (χ0) is 16.7. The van der Waals surface area contributed by atoms with Gasteiger partial charge in [-0.2, -0.15) is 5.10 Å². The molecule has 124 valence electrons. The zero-order valence-corrected chi connectivity index (χ0v) is 13.5. The van der Waals surface area contributed by atoms with E-state index in [1.54, 1.807) is 12.0 Å². The first-order valence-electron chi connectivity index (χ1n) is 7.81. The Labute approximate surface area is 138 Å². The van der Waals surface area contributed by atoms with Crippen molar-refractivity contribution in [2.24, 2.45) is 0 Å². The number of hydrogen-bond donors (Lipinski definition) is 2. The fraction of sp³-hybridized carbons (Fsp3) is 0.375. The van der Waals surface area contributed by atoms with Gasteiger partial charge in [0.25, 0.3) is 5.91 Å². The maximum absolute atomic E-state index is 13.2. The molecule has 0 saturated carbocycles. The number of ether oxygens (including phenoxy) is 1. The molecule has 0 radical (unpaired) electrons. The van der Waals surface area contributed by atoms with E-state index in [4.69, 9.17) is 4.74 Å². The minimum atomic E-state index is -0.180. The molecule has 4 rings (SSSR count). The summed E-state index contributed by atoms with van der Waals surface area (Å²) in [5.41, 5.74) is 2.13. The van der Waals surface area contributed by atoms with Gasteiger partial charge in [-0.05, 0) is 19.1 Å². The maximum atomic E-state index is 13.2. The third kappa shape index (κ3) is 2.35. The number of imidazole rings is 1. The minimum Gasteiger partial charge on any atom is -0.380 e. The predicted molar refractivity (Wildman–Crippen MR) is 86.4 cm³/mol. The molecule has 0 bridgehead atoms. The van der Waals surface area contributed by atoms with Crippen LogP contribution >= 0.6 is 0 Å². The molecule has 1 aliphatic rings. The summed E-state index contributed by atoms with van der Waals surface area (Å²) in [6.07, 6.45) is 2.12. The lowest BCUT2D eigenvalue weighted by molar-refractivity contribution is 0.0686. The second kappa shape index (κ2) is 5.72. The molecule has 2 N–H and O–H groups in total. The number of aromatic amines is 2. The Morgan fingerprint density at radius 3 is 3.04 bits per heavy atom. The van der Waals surface area contributed by atoms with Crippen molar-refractivity contribution in [2.45, 2.75) is 25.5 Å². The van der Waals surface area contributed by atoms with E-state index in [-0.39, 0.29) is 18.1 Å². The van der Waals surface area contributed by atoms with Crippen LogP contribution in [0.1, 0.15) is 34.5 Å². The Hall–Kier alpha value is -2.74. The van der Waals surface area contributed by atoms with Crippen LogP contribution in [0, 0.1) is 6.92 Å². The second-order valence-corrected chi connectivity index (χ2v) is 5.96. The average molecular weight is 326 g/mol. The minimum absolute atomic E-state index is 0.0239. The number of para-hydroxylation sites is 1. The number of nitrogens with one attached hydrogen (secondary N) is 2. The zero-order valence-electron chi connectivity index (χ0n) is 13.5. The molecule has 0 aliphatic carbocycles. The van der Waals surface area contributed by atoms with Gasteiger partial charge in [-0.3, -0.25) is 9.89 Å². The van der Waals surface area contributed by atoms with Crippen LogP contribution in [0.2, 0.25) is 0 Å². The summed E-state index contributed by atoms with van der Waals surface area (Å²) in [6, 6.07) is 5.41. The Kier molecular flexibility index (Phi) is 3.53. The SMILES string of the molecule is CO[C@@H]1C[C@@H](c2ncn[nH]2)N(C(=O)c2cccc3[nH]c(C)nc23)C1. The summed E-state index contributed by atoms with van der Waals surface area (Å²) < 4.78 is 5.47. The Morgan fingerprint density at radius 2 is 2.29 bits per heavy atom. The van der Waals surface area contributed by atoms with Gasteiger partial charge in [0, 0.05) is 20.1 Å². The molecule has 0 unspecified atom stereocenters. The van der Waals surface area contributed by atoms with Crippen molar-refractivity contribution in [3.05, 3.63) is 41.7 Å². The number of H-pyrrole nitrogens is 2. The number of aromatic nitrogens is 5. The third-order valence-corrected chi connectivity index (χ3v) is 4.47. The second-order valence-electron chi connectivity index (χ2n) is 5.96. The van der Waals surface area contributed by atoms with Crippen LogP contribution in [-0.2, 0) is 4.74 Å². The van der Waals surface area contributed by atoms with Gasteiger partial charge in [0.2, 0.25) is 0 Å². The summed E-state index contributed by atoms with van der Waals surface area (Å²) in [7, 11) is 1.66. The monoisotopic (exact) mass is 326 g/mol. The smallest absolute Gasteiger partial charge is 0.256 e. The first kappa shape index (κ1) is 14.8. The van der Waals surface area contributed by atoms with Crippen LogP contribution in [0.15, 0.2) is 24.5 Å². The number of aryl methyl sites for hydroxylation is 1. The maximum Gasteiger partial charge on any atom is 0.256 e. The van der Waals surface area contributed by atoms with Gasteiger partial charge >= 0.3 is 0 Å².